The molecule has 7 heteroatoms. The Hall–Kier alpha value is -2.44. The highest BCUT2D eigenvalue weighted by Gasteiger charge is 2.12. The van der Waals surface area contributed by atoms with Gasteiger partial charge in [-0.25, -0.2) is 9.20 Å². The van der Waals surface area contributed by atoms with Crippen LogP contribution in [0.25, 0.3) is 11.5 Å². The van der Waals surface area contributed by atoms with E-state index in [1.54, 1.807) is 6.07 Å². The van der Waals surface area contributed by atoms with Crippen molar-refractivity contribution in [3.8, 4) is 5.88 Å². The van der Waals surface area contributed by atoms with Crippen LogP contribution in [0, 0.1) is 6.92 Å². The maximum Gasteiger partial charge on any atom is 0.358 e. The minimum atomic E-state index is -0.299. The Morgan fingerprint density at radius 2 is 2.25 bits per heavy atom. The maximum atomic E-state index is 12.0. The van der Waals surface area contributed by atoms with E-state index in [2.05, 4.69) is 15.5 Å². The van der Waals surface area contributed by atoms with E-state index in [9.17, 15) is 4.79 Å². The van der Waals surface area contributed by atoms with Crippen LogP contribution in [0.1, 0.15) is 5.69 Å². The minimum absolute atomic E-state index is 0.202. The Kier molecular flexibility index (Phi) is 1.67. The van der Waals surface area contributed by atoms with Crippen molar-refractivity contribution in [1.29, 1.82) is 0 Å². The molecule has 0 aromatic carbocycles. The van der Waals surface area contributed by atoms with E-state index < -0.39 is 0 Å². The van der Waals surface area contributed by atoms with Gasteiger partial charge in [0.1, 0.15) is 6.20 Å². The summed E-state index contributed by atoms with van der Waals surface area (Å²) < 4.78 is 7.41. The summed E-state index contributed by atoms with van der Waals surface area (Å²) in [6, 6.07) is 5.41. The first-order valence-corrected chi connectivity index (χ1v) is 4.62. The van der Waals surface area contributed by atoms with Crippen LogP contribution in [-0.4, -0.2) is 24.6 Å². The molecule has 0 saturated heterocycles. The number of aryl methyl sites for hydroxylation is 1. The van der Waals surface area contributed by atoms with Crippen molar-refractivity contribution in [3.05, 3.63) is 40.6 Å². The van der Waals surface area contributed by atoms with Gasteiger partial charge in [0.15, 0.2) is 5.65 Å². The molecular formula is C9H7N5O2. The van der Waals surface area contributed by atoms with Crippen molar-refractivity contribution in [3.63, 3.8) is 0 Å². The molecule has 0 spiro atoms. The van der Waals surface area contributed by atoms with Gasteiger partial charge in [-0.2, -0.15) is 0 Å². The molecule has 16 heavy (non-hydrogen) atoms. The lowest BCUT2D eigenvalue weighted by molar-refractivity contribution is 0.373. The van der Waals surface area contributed by atoms with E-state index in [0.717, 1.165) is 10.4 Å². The molecule has 3 rings (SSSR count). The highest BCUT2D eigenvalue weighted by molar-refractivity contribution is 5.39. The molecule has 0 aliphatic rings. The van der Waals surface area contributed by atoms with Gasteiger partial charge >= 0.3 is 5.69 Å². The highest BCUT2D eigenvalue weighted by atomic mass is 16.5. The lowest BCUT2D eigenvalue weighted by atomic mass is 10.4. The number of fused-ring (bicyclic) bond motifs is 1. The monoisotopic (exact) mass is 217 g/mol. The third-order valence-corrected chi connectivity index (χ3v) is 2.30. The number of nitrogens with zero attached hydrogens (tertiary/aromatic N) is 5. The first-order chi connectivity index (χ1) is 7.77. The third-order valence-electron chi connectivity index (χ3n) is 2.30. The van der Waals surface area contributed by atoms with Gasteiger partial charge < -0.3 is 4.52 Å². The zero-order chi connectivity index (χ0) is 11.1. The summed E-state index contributed by atoms with van der Waals surface area (Å²) in [7, 11) is 0. The quantitative estimate of drug-likeness (QED) is 0.580. The normalized spacial score (nSPS) is 11.1. The van der Waals surface area contributed by atoms with Gasteiger partial charge in [-0.3, -0.25) is 0 Å². The van der Waals surface area contributed by atoms with Crippen LogP contribution in [0.4, 0.5) is 0 Å². The number of aromatic nitrogens is 5. The van der Waals surface area contributed by atoms with Crippen molar-refractivity contribution >= 4 is 5.65 Å². The van der Waals surface area contributed by atoms with Crippen LogP contribution in [0.3, 0.4) is 0 Å². The van der Waals surface area contributed by atoms with Crippen molar-refractivity contribution in [2.45, 2.75) is 6.92 Å². The smallest absolute Gasteiger partial charge is 0.316 e. The summed E-state index contributed by atoms with van der Waals surface area (Å²) in [5.41, 5.74) is 1.06. The van der Waals surface area contributed by atoms with Crippen LogP contribution < -0.4 is 5.69 Å². The molecule has 0 atom stereocenters. The van der Waals surface area contributed by atoms with Gasteiger partial charge in [-0.15, -0.1) is 14.9 Å². The second-order valence-electron chi connectivity index (χ2n) is 3.31. The molecule has 0 aliphatic carbocycles. The van der Waals surface area contributed by atoms with Gasteiger partial charge in [-0.1, -0.05) is 6.07 Å². The molecule has 0 saturated carbocycles. The molecule has 0 unspecified atom stereocenters. The fraction of sp³-hybridized carbons (Fsp3) is 0.111. The van der Waals surface area contributed by atoms with E-state index >= 15 is 0 Å². The van der Waals surface area contributed by atoms with E-state index in [-0.39, 0.29) is 11.6 Å². The highest BCUT2D eigenvalue weighted by Crippen LogP contribution is 2.04. The predicted molar refractivity (Wildman–Crippen MR) is 53.4 cm³/mol. The van der Waals surface area contributed by atoms with E-state index in [0.29, 0.717) is 5.65 Å². The van der Waals surface area contributed by atoms with Crippen molar-refractivity contribution in [1.82, 2.24) is 24.6 Å². The second kappa shape index (κ2) is 3.02. The minimum Gasteiger partial charge on any atom is -0.316 e. The molecule has 0 bridgehead atoms. The molecule has 7 nitrogen and oxygen atoms in total. The first kappa shape index (κ1) is 8.84. The van der Waals surface area contributed by atoms with Gasteiger partial charge in [0.2, 0.25) is 0 Å². The number of hydrogen-bond donors (Lipinski definition) is 0. The zero-order valence-electron chi connectivity index (χ0n) is 8.36. The predicted octanol–water partition coefficient (Wildman–Crippen LogP) is 0.177. The van der Waals surface area contributed by atoms with Crippen LogP contribution in [0.2, 0.25) is 0 Å². The molecule has 80 valence electrons. The molecule has 3 aromatic heterocycles. The van der Waals surface area contributed by atoms with Crippen molar-refractivity contribution < 1.29 is 4.52 Å². The summed E-state index contributed by atoms with van der Waals surface area (Å²) in [5, 5.41) is 10.9. The summed E-state index contributed by atoms with van der Waals surface area (Å²) in [6.45, 7) is 1.83. The number of rotatable bonds is 1. The molecule has 0 aliphatic heterocycles. The molecule has 3 aromatic rings. The lowest BCUT2D eigenvalue weighted by Crippen LogP contribution is -2.20. The Morgan fingerprint density at radius 1 is 1.38 bits per heavy atom. The number of pyridine rings is 1. The van der Waals surface area contributed by atoms with Crippen molar-refractivity contribution in [2.24, 2.45) is 0 Å². The summed E-state index contributed by atoms with van der Waals surface area (Å²) in [4.78, 5) is 12.0. The summed E-state index contributed by atoms with van der Waals surface area (Å²) >= 11 is 0. The van der Waals surface area contributed by atoms with Crippen LogP contribution in [0.5, 0.6) is 0 Å². The molecular weight excluding hydrogens is 210 g/mol. The molecule has 0 amide bonds. The van der Waals surface area contributed by atoms with Crippen LogP contribution in [0.15, 0.2) is 33.7 Å². The standard InChI is InChI=1S/C9H7N5O2/c1-6-3-2-4-7-11-14(9(15)13(6)7)8-5-10-12-16-8/h2-5H,1H3. The summed E-state index contributed by atoms with van der Waals surface area (Å²) in [6.07, 6.45) is 1.34. The topological polar surface area (TPSA) is 78.2 Å². The average Bonchev–Trinajstić information content (AvgIpc) is 2.86. The molecule has 3 heterocycles. The number of hydrogen-bond acceptors (Lipinski definition) is 5. The molecule has 0 fully saturated rings. The van der Waals surface area contributed by atoms with Gasteiger partial charge in [0, 0.05) is 11.0 Å². The van der Waals surface area contributed by atoms with E-state index in [1.165, 1.54) is 10.6 Å². The maximum absolute atomic E-state index is 12.0. The van der Waals surface area contributed by atoms with Gasteiger partial charge in [0.05, 0.1) is 0 Å². The van der Waals surface area contributed by atoms with Gasteiger partial charge in [0.25, 0.3) is 5.88 Å². The lowest BCUT2D eigenvalue weighted by Gasteiger charge is -1.93. The Bertz CT molecular complexity index is 694. The second-order valence-corrected chi connectivity index (χ2v) is 3.31. The van der Waals surface area contributed by atoms with E-state index in [4.69, 9.17) is 4.52 Å². The summed E-state index contributed by atoms with van der Waals surface area (Å²) in [5.74, 6) is 0.202. The Morgan fingerprint density at radius 3 is 2.94 bits per heavy atom. The molecule has 0 radical (unpaired) electrons. The Labute approximate surface area is 88.9 Å². The first-order valence-electron chi connectivity index (χ1n) is 4.62. The van der Waals surface area contributed by atoms with Crippen molar-refractivity contribution in [2.75, 3.05) is 0 Å². The van der Waals surface area contributed by atoms with Crippen LogP contribution in [-0.2, 0) is 0 Å². The third kappa shape index (κ3) is 1.08. The van der Waals surface area contributed by atoms with Crippen LogP contribution >= 0.6 is 0 Å². The largest absolute Gasteiger partial charge is 0.358 e. The van der Waals surface area contributed by atoms with Gasteiger partial charge in [-0.05, 0) is 19.1 Å². The SMILES string of the molecule is Cc1cccc2nn(-c3cnno3)c(=O)n12. The average molecular weight is 217 g/mol. The zero-order valence-corrected chi connectivity index (χ0v) is 8.36. The molecule has 0 N–H and O–H groups in total. The fourth-order valence-electron chi connectivity index (χ4n) is 1.57. The fourth-order valence-corrected chi connectivity index (χ4v) is 1.57. The van der Waals surface area contributed by atoms with E-state index in [1.807, 2.05) is 19.1 Å². The Balaban J connectivity index is 2.41.